The first kappa shape index (κ1) is 16.2. The minimum Gasteiger partial charge on any atom is -0.369 e. The molecule has 0 aliphatic carbocycles. The van der Waals surface area contributed by atoms with Gasteiger partial charge >= 0.3 is 0 Å². The molecule has 1 saturated heterocycles. The van der Waals surface area contributed by atoms with E-state index in [0.717, 1.165) is 37.4 Å². The van der Waals surface area contributed by atoms with E-state index >= 15 is 0 Å². The summed E-state index contributed by atoms with van der Waals surface area (Å²) in [6.45, 7) is 12.5. The van der Waals surface area contributed by atoms with E-state index in [4.69, 9.17) is 5.73 Å². The molecule has 2 rings (SSSR count). The van der Waals surface area contributed by atoms with Crippen LogP contribution in [0.4, 0.5) is 10.1 Å². The number of piperazine rings is 1. The fourth-order valence-electron chi connectivity index (χ4n) is 2.99. The van der Waals surface area contributed by atoms with Gasteiger partial charge in [0.1, 0.15) is 5.82 Å². The second kappa shape index (κ2) is 6.32. The average molecular weight is 293 g/mol. The highest BCUT2D eigenvalue weighted by Crippen LogP contribution is 2.27. The summed E-state index contributed by atoms with van der Waals surface area (Å²) in [6, 6.07) is 5.32. The van der Waals surface area contributed by atoms with E-state index in [1.807, 2.05) is 13.0 Å². The summed E-state index contributed by atoms with van der Waals surface area (Å²) in [5.74, 6) is -0.136. The normalized spacial score (nSPS) is 18.9. The second-order valence-electron chi connectivity index (χ2n) is 7.06. The Hall–Kier alpha value is -1.13. The van der Waals surface area contributed by atoms with E-state index < -0.39 is 0 Å². The first-order valence-electron chi connectivity index (χ1n) is 7.82. The summed E-state index contributed by atoms with van der Waals surface area (Å²) < 4.78 is 14.1. The van der Waals surface area contributed by atoms with Gasteiger partial charge in [-0.15, -0.1) is 0 Å². The molecule has 0 saturated carbocycles. The van der Waals surface area contributed by atoms with Crippen LogP contribution in [0.25, 0.3) is 0 Å². The third-order valence-electron chi connectivity index (χ3n) is 4.19. The van der Waals surface area contributed by atoms with Gasteiger partial charge in [-0.3, -0.25) is 4.90 Å². The molecule has 118 valence electrons. The fraction of sp³-hybridized carbons (Fsp3) is 0.647. The minimum absolute atomic E-state index is 0.0310. The topological polar surface area (TPSA) is 32.5 Å². The van der Waals surface area contributed by atoms with Crippen molar-refractivity contribution in [1.82, 2.24) is 4.90 Å². The van der Waals surface area contributed by atoms with E-state index in [-0.39, 0.29) is 17.4 Å². The first-order chi connectivity index (χ1) is 9.79. The molecule has 0 spiro atoms. The minimum atomic E-state index is -0.136. The van der Waals surface area contributed by atoms with Crippen molar-refractivity contribution in [1.29, 1.82) is 0 Å². The van der Waals surface area contributed by atoms with Crippen LogP contribution in [0.2, 0.25) is 0 Å². The van der Waals surface area contributed by atoms with Crippen LogP contribution in [0.3, 0.4) is 0 Å². The van der Waals surface area contributed by atoms with Gasteiger partial charge in [0, 0.05) is 49.0 Å². The Balaban J connectivity index is 2.15. The summed E-state index contributed by atoms with van der Waals surface area (Å²) in [5.41, 5.74) is 7.85. The van der Waals surface area contributed by atoms with Crippen LogP contribution in [0.15, 0.2) is 18.2 Å². The third-order valence-corrected chi connectivity index (χ3v) is 4.19. The molecule has 21 heavy (non-hydrogen) atoms. The van der Waals surface area contributed by atoms with E-state index in [0.29, 0.717) is 6.42 Å². The van der Waals surface area contributed by atoms with Gasteiger partial charge in [0.25, 0.3) is 0 Å². The molecule has 1 heterocycles. The number of nitrogens with zero attached hydrogens (tertiary/aromatic N) is 2. The molecule has 0 aromatic heterocycles. The van der Waals surface area contributed by atoms with E-state index in [2.05, 4.69) is 30.6 Å². The summed E-state index contributed by atoms with van der Waals surface area (Å²) in [5, 5.41) is 0. The Morgan fingerprint density at radius 3 is 2.33 bits per heavy atom. The van der Waals surface area contributed by atoms with Crippen LogP contribution >= 0.6 is 0 Å². The van der Waals surface area contributed by atoms with Crippen LogP contribution in [0, 0.1) is 5.82 Å². The highest BCUT2D eigenvalue weighted by molar-refractivity contribution is 5.55. The molecule has 0 radical (unpaired) electrons. The molecule has 0 amide bonds. The molecule has 0 bridgehead atoms. The molecule has 2 N–H and O–H groups in total. The van der Waals surface area contributed by atoms with E-state index in [9.17, 15) is 4.39 Å². The van der Waals surface area contributed by atoms with Crippen LogP contribution in [0.5, 0.6) is 0 Å². The number of nitrogens with two attached hydrogens (primary N) is 1. The van der Waals surface area contributed by atoms with Gasteiger partial charge < -0.3 is 10.6 Å². The molecule has 1 unspecified atom stereocenters. The van der Waals surface area contributed by atoms with Gasteiger partial charge in [0.2, 0.25) is 0 Å². The highest BCUT2D eigenvalue weighted by Gasteiger charge is 2.27. The van der Waals surface area contributed by atoms with Crippen molar-refractivity contribution in [3.05, 3.63) is 29.6 Å². The second-order valence-corrected chi connectivity index (χ2v) is 7.06. The average Bonchev–Trinajstić information content (AvgIpc) is 2.40. The smallest absolute Gasteiger partial charge is 0.128 e. The number of hydrogen-bond donors (Lipinski definition) is 1. The maximum Gasteiger partial charge on any atom is 0.128 e. The number of hydrogen-bond acceptors (Lipinski definition) is 3. The van der Waals surface area contributed by atoms with Crippen molar-refractivity contribution >= 4 is 5.69 Å². The highest BCUT2D eigenvalue weighted by atomic mass is 19.1. The summed E-state index contributed by atoms with van der Waals surface area (Å²) >= 11 is 0. The standard InChI is InChI=1S/C17H28FN3/c1-13(19)12-14-15(18)6-5-7-16(14)20-8-10-21(11-9-20)17(2,3)4/h5-7,13H,8-12,19H2,1-4H3. The molecule has 4 heteroatoms. The molecular weight excluding hydrogens is 265 g/mol. The lowest BCUT2D eigenvalue weighted by Crippen LogP contribution is -2.53. The number of halogens is 1. The lowest BCUT2D eigenvalue weighted by molar-refractivity contribution is 0.128. The quantitative estimate of drug-likeness (QED) is 0.930. The van der Waals surface area contributed by atoms with Gasteiger partial charge in [0.15, 0.2) is 0 Å². The Morgan fingerprint density at radius 1 is 1.19 bits per heavy atom. The monoisotopic (exact) mass is 293 g/mol. The Labute approximate surface area is 127 Å². The SMILES string of the molecule is CC(N)Cc1c(F)cccc1N1CCN(C(C)(C)C)CC1. The van der Waals surface area contributed by atoms with E-state index in [1.165, 1.54) is 6.07 Å². The van der Waals surface area contributed by atoms with Crippen LogP contribution in [-0.2, 0) is 6.42 Å². The molecule has 1 fully saturated rings. The van der Waals surface area contributed by atoms with Gasteiger partial charge in [0.05, 0.1) is 0 Å². The zero-order chi connectivity index (χ0) is 15.6. The van der Waals surface area contributed by atoms with E-state index in [1.54, 1.807) is 6.07 Å². The van der Waals surface area contributed by atoms with Crippen molar-refractivity contribution < 1.29 is 4.39 Å². The van der Waals surface area contributed by atoms with Gasteiger partial charge in [-0.25, -0.2) is 4.39 Å². The number of anilines is 1. The maximum atomic E-state index is 14.1. The molecule has 1 aliphatic rings. The largest absolute Gasteiger partial charge is 0.369 e. The van der Waals surface area contributed by atoms with Gasteiger partial charge in [-0.1, -0.05) is 6.07 Å². The van der Waals surface area contributed by atoms with Crippen molar-refractivity contribution in [2.24, 2.45) is 5.73 Å². The van der Waals surface area contributed by atoms with Crippen molar-refractivity contribution in [2.45, 2.75) is 45.7 Å². The molecule has 3 nitrogen and oxygen atoms in total. The Bertz CT molecular complexity index is 471. The van der Waals surface area contributed by atoms with Crippen molar-refractivity contribution in [2.75, 3.05) is 31.1 Å². The molecule has 1 aliphatic heterocycles. The predicted octanol–water partition coefficient (Wildman–Crippen LogP) is 2.64. The number of rotatable bonds is 3. The molecule has 1 atom stereocenters. The van der Waals surface area contributed by atoms with Crippen LogP contribution < -0.4 is 10.6 Å². The maximum absolute atomic E-state index is 14.1. The lowest BCUT2D eigenvalue weighted by atomic mass is 10.0. The summed E-state index contributed by atoms with van der Waals surface area (Å²) in [7, 11) is 0. The first-order valence-corrected chi connectivity index (χ1v) is 7.82. The van der Waals surface area contributed by atoms with Crippen molar-refractivity contribution in [3.8, 4) is 0 Å². The summed E-state index contributed by atoms with van der Waals surface area (Å²) in [4.78, 5) is 4.77. The Morgan fingerprint density at radius 2 is 1.81 bits per heavy atom. The zero-order valence-electron chi connectivity index (χ0n) is 13.7. The van der Waals surface area contributed by atoms with Crippen LogP contribution in [0.1, 0.15) is 33.3 Å². The fourth-order valence-corrected chi connectivity index (χ4v) is 2.99. The molecule has 1 aromatic carbocycles. The summed E-state index contributed by atoms with van der Waals surface area (Å²) in [6.07, 6.45) is 0.585. The Kier molecular flexibility index (Phi) is 4.89. The lowest BCUT2D eigenvalue weighted by Gasteiger charge is -2.43. The molecular formula is C17H28FN3. The predicted molar refractivity (Wildman–Crippen MR) is 87.3 cm³/mol. The third kappa shape index (κ3) is 3.95. The van der Waals surface area contributed by atoms with Crippen molar-refractivity contribution in [3.63, 3.8) is 0 Å². The van der Waals surface area contributed by atoms with Gasteiger partial charge in [-0.05, 0) is 46.2 Å². The zero-order valence-corrected chi connectivity index (χ0v) is 13.7. The molecule has 1 aromatic rings. The van der Waals surface area contributed by atoms with Crippen LogP contribution in [-0.4, -0.2) is 42.7 Å². The van der Waals surface area contributed by atoms with Gasteiger partial charge in [-0.2, -0.15) is 0 Å². The number of benzene rings is 1.